The highest BCUT2D eigenvalue weighted by Gasteiger charge is 2.20. The number of rotatable bonds is 5. The first-order valence-electron chi connectivity index (χ1n) is 8.82. The molecule has 2 aromatic heterocycles. The van der Waals surface area contributed by atoms with E-state index in [4.69, 9.17) is 23.2 Å². The van der Waals surface area contributed by atoms with Gasteiger partial charge >= 0.3 is 5.69 Å². The normalized spacial score (nSPS) is 11.1. The van der Waals surface area contributed by atoms with Crippen molar-refractivity contribution >= 4 is 34.4 Å². The Balaban J connectivity index is 2.03. The number of benzene rings is 2. The quantitative estimate of drug-likeness (QED) is 0.454. The Morgan fingerprint density at radius 2 is 1.86 bits per heavy atom. The number of nitrogens with zero attached hydrogens (tertiary/aromatic N) is 4. The van der Waals surface area contributed by atoms with Gasteiger partial charge in [0.1, 0.15) is 0 Å². The predicted octanol–water partition coefficient (Wildman–Crippen LogP) is 3.89. The lowest BCUT2D eigenvalue weighted by Crippen LogP contribution is -2.39. The van der Waals surface area contributed by atoms with Gasteiger partial charge in [-0.1, -0.05) is 53.5 Å². The maximum Gasteiger partial charge on any atom is 0.337 e. The summed E-state index contributed by atoms with van der Waals surface area (Å²) in [4.78, 5) is 30.6. The monoisotopic (exact) mass is 426 g/mol. The van der Waals surface area contributed by atoms with Crippen molar-refractivity contribution < 1.29 is 0 Å². The van der Waals surface area contributed by atoms with Crippen molar-refractivity contribution in [2.75, 3.05) is 0 Å². The molecule has 0 fully saturated rings. The Hall–Kier alpha value is -3.09. The van der Waals surface area contributed by atoms with Gasteiger partial charge in [-0.2, -0.15) is 0 Å². The van der Waals surface area contributed by atoms with E-state index in [2.05, 4.69) is 11.6 Å². The van der Waals surface area contributed by atoms with E-state index < -0.39 is 11.2 Å². The maximum absolute atomic E-state index is 13.1. The molecule has 0 saturated carbocycles. The van der Waals surface area contributed by atoms with Crippen LogP contribution in [0.25, 0.3) is 16.9 Å². The first-order valence-corrected chi connectivity index (χ1v) is 9.58. The van der Waals surface area contributed by atoms with Crippen LogP contribution in [0.15, 0.2) is 77.1 Å². The fourth-order valence-corrected chi connectivity index (χ4v) is 3.71. The Morgan fingerprint density at radius 3 is 2.59 bits per heavy atom. The Morgan fingerprint density at radius 1 is 1.07 bits per heavy atom. The average Bonchev–Trinajstić information content (AvgIpc) is 3.10. The smallest absolute Gasteiger partial charge is 0.320 e. The minimum Gasteiger partial charge on any atom is -0.320 e. The molecule has 0 atom stereocenters. The minimum atomic E-state index is -0.525. The van der Waals surface area contributed by atoms with Gasteiger partial charge in [0.25, 0.3) is 5.56 Å². The van der Waals surface area contributed by atoms with Crippen LogP contribution in [0.5, 0.6) is 0 Å². The molecule has 0 N–H and O–H groups in total. The van der Waals surface area contributed by atoms with Crippen LogP contribution >= 0.6 is 23.2 Å². The molecular formula is C21H16Cl2N4O2. The van der Waals surface area contributed by atoms with Crippen molar-refractivity contribution in [2.24, 2.45) is 0 Å². The number of halogens is 2. The van der Waals surface area contributed by atoms with Crippen molar-refractivity contribution in [3.05, 3.63) is 104 Å². The lowest BCUT2D eigenvalue weighted by molar-refractivity contribution is 0.690. The number of allylic oxidation sites excluding steroid dienone is 1. The van der Waals surface area contributed by atoms with Gasteiger partial charge in [-0.25, -0.2) is 14.3 Å². The third-order valence-corrected chi connectivity index (χ3v) is 5.10. The number of fused-ring (bicyclic) bond motifs is 1. The highest BCUT2D eigenvalue weighted by Crippen LogP contribution is 2.22. The second kappa shape index (κ2) is 7.73. The van der Waals surface area contributed by atoms with E-state index in [1.807, 2.05) is 18.2 Å². The predicted molar refractivity (Wildman–Crippen MR) is 115 cm³/mol. The molecule has 0 amide bonds. The largest absolute Gasteiger partial charge is 0.337 e. The van der Waals surface area contributed by atoms with Crippen LogP contribution in [-0.2, 0) is 13.1 Å². The molecule has 29 heavy (non-hydrogen) atoms. The Labute approximate surface area is 175 Å². The molecule has 0 saturated heterocycles. The van der Waals surface area contributed by atoms with Crippen molar-refractivity contribution in [3.63, 3.8) is 0 Å². The zero-order chi connectivity index (χ0) is 20.5. The van der Waals surface area contributed by atoms with E-state index in [1.54, 1.807) is 34.9 Å². The molecule has 0 aliphatic heterocycles. The molecule has 0 bridgehead atoms. The van der Waals surface area contributed by atoms with Crippen LogP contribution < -0.4 is 11.2 Å². The molecule has 2 aromatic carbocycles. The summed E-state index contributed by atoms with van der Waals surface area (Å²) in [7, 11) is 0. The highest BCUT2D eigenvalue weighted by molar-refractivity contribution is 6.32. The molecule has 0 spiro atoms. The summed E-state index contributed by atoms with van der Waals surface area (Å²) in [6.07, 6.45) is 3.04. The van der Waals surface area contributed by atoms with Crippen molar-refractivity contribution in [1.82, 2.24) is 18.7 Å². The van der Waals surface area contributed by atoms with Crippen molar-refractivity contribution in [3.8, 4) is 5.69 Å². The number of imidazole rings is 1. The summed E-state index contributed by atoms with van der Waals surface area (Å²) in [5.74, 6) is 0. The zero-order valence-electron chi connectivity index (χ0n) is 15.3. The molecule has 4 rings (SSSR count). The third kappa shape index (κ3) is 3.41. The van der Waals surface area contributed by atoms with Gasteiger partial charge in [-0.3, -0.25) is 9.36 Å². The van der Waals surface area contributed by atoms with Gasteiger partial charge in [0.15, 0.2) is 11.2 Å². The van der Waals surface area contributed by atoms with Gasteiger partial charge in [0, 0.05) is 18.1 Å². The van der Waals surface area contributed by atoms with Crippen molar-refractivity contribution in [1.29, 1.82) is 0 Å². The van der Waals surface area contributed by atoms with Gasteiger partial charge < -0.3 is 4.57 Å². The van der Waals surface area contributed by atoms with Crippen LogP contribution in [0, 0.1) is 0 Å². The lowest BCUT2D eigenvalue weighted by Gasteiger charge is -2.13. The molecule has 0 aliphatic rings. The van der Waals surface area contributed by atoms with Crippen LogP contribution in [0.3, 0.4) is 0 Å². The summed E-state index contributed by atoms with van der Waals surface area (Å²) < 4.78 is 4.18. The summed E-state index contributed by atoms with van der Waals surface area (Å²) in [5.41, 5.74) is 0.940. The third-order valence-electron chi connectivity index (χ3n) is 4.55. The van der Waals surface area contributed by atoms with Gasteiger partial charge in [0.05, 0.1) is 17.0 Å². The fourth-order valence-electron chi connectivity index (χ4n) is 3.27. The second-order valence-electron chi connectivity index (χ2n) is 6.45. The first-order chi connectivity index (χ1) is 14.0. The maximum atomic E-state index is 13.1. The molecular weight excluding hydrogens is 411 g/mol. The van der Waals surface area contributed by atoms with Crippen molar-refractivity contribution in [2.45, 2.75) is 13.1 Å². The van der Waals surface area contributed by atoms with E-state index in [9.17, 15) is 9.59 Å². The summed E-state index contributed by atoms with van der Waals surface area (Å²) in [6.45, 7) is 4.10. The lowest BCUT2D eigenvalue weighted by atomic mass is 10.2. The Bertz CT molecular complexity index is 1350. The van der Waals surface area contributed by atoms with Gasteiger partial charge in [0.2, 0.25) is 0 Å². The van der Waals surface area contributed by atoms with E-state index in [0.29, 0.717) is 27.8 Å². The van der Waals surface area contributed by atoms with Gasteiger partial charge in [-0.15, -0.1) is 6.58 Å². The van der Waals surface area contributed by atoms with E-state index in [-0.39, 0.29) is 12.2 Å². The molecule has 146 valence electrons. The second-order valence-corrected chi connectivity index (χ2v) is 7.29. The SMILES string of the molecule is C=CCn1c(=O)c2c(ncn2Cc2cccc(Cl)c2)n(-c2ccccc2Cl)c1=O. The number of hydrogen-bond acceptors (Lipinski definition) is 3. The van der Waals surface area contributed by atoms with E-state index >= 15 is 0 Å². The first kappa shape index (κ1) is 19.2. The van der Waals surface area contributed by atoms with Crippen LogP contribution in [0.1, 0.15) is 5.56 Å². The molecule has 4 aromatic rings. The molecule has 6 nitrogen and oxygen atoms in total. The molecule has 0 radical (unpaired) electrons. The van der Waals surface area contributed by atoms with Crippen LogP contribution in [0.2, 0.25) is 10.0 Å². The minimum absolute atomic E-state index is 0.0698. The summed E-state index contributed by atoms with van der Waals surface area (Å²) in [6, 6.07) is 14.3. The molecule has 0 unspecified atom stereocenters. The number of hydrogen-bond donors (Lipinski definition) is 0. The average molecular weight is 427 g/mol. The van der Waals surface area contributed by atoms with Gasteiger partial charge in [-0.05, 0) is 29.8 Å². The topological polar surface area (TPSA) is 61.8 Å². The van der Waals surface area contributed by atoms with Crippen LogP contribution in [0.4, 0.5) is 0 Å². The number of para-hydroxylation sites is 1. The van der Waals surface area contributed by atoms with Crippen LogP contribution in [-0.4, -0.2) is 18.7 Å². The van der Waals surface area contributed by atoms with E-state index in [1.165, 1.54) is 17.0 Å². The van der Waals surface area contributed by atoms with E-state index in [0.717, 1.165) is 10.1 Å². The standard InChI is InChI=1S/C21H16Cl2N4O2/c1-2-10-26-20(28)18-19(27(21(26)29)17-9-4-3-8-16(17)23)24-13-25(18)12-14-6-5-7-15(22)11-14/h2-9,11,13H,1,10,12H2. The fraction of sp³-hybridized carbons (Fsp3) is 0.0952. The highest BCUT2D eigenvalue weighted by atomic mass is 35.5. The Kier molecular flexibility index (Phi) is 5.13. The zero-order valence-corrected chi connectivity index (χ0v) is 16.8. The molecule has 0 aliphatic carbocycles. The summed E-state index contributed by atoms with van der Waals surface area (Å²) >= 11 is 12.4. The molecule has 8 heteroatoms. The molecule has 2 heterocycles. The summed E-state index contributed by atoms with van der Waals surface area (Å²) in [5, 5.41) is 0.980. The number of aromatic nitrogens is 4.